The van der Waals surface area contributed by atoms with E-state index in [0.717, 1.165) is 35.8 Å². The highest BCUT2D eigenvalue weighted by Crippen LogP contribution is 2.39. The van der Waals surface area contributed by atoms with Crippen molar-refractivity contribution in [2.75, 3.05) is 19.4 Å². The fraction of sp³-hybridized carbons (Fsp3) is 0.526. The number of unbranched alkanes of at least 4 members (excludes halogenated alkanes) is 1. The van der Waals surface area contributed by atoms with E-state index in [-0.39, 0.29) is 5.91 Å². The summed E-state index contributed by atoms with van der Waals surface area (Å²) in [4.78, 5) is 15.3. The van der Waals surface area contributed by atoms with Crippen molar-refractivity contribution in [2.24, 2.45) is 0 Å². The topological polar surface area (TPSA) is 54.1 Å². The molecule has 2 N–H and O–H groups in total. The Hall–Kier alpha value is -1.27. The fourth-order valence-corrected chi connectivity index (χ4v) is 6.17. The number of fused-ring (bicyclic) bond motifs is 1. The minimum atomic E-state index is 0.172. The first-order valence-electron chi connectivity index (χ1n) is 8.95. The number of hydrogen-bond acceptors (Lipinski definition) is 4. The van der Waals surface area contributed by atoms with Crippen molar-refractivity contribution in [2.45, 2.75) is 43.8 Å². The number of aromatic amines is 1. The Balaban J connectivity index is 1.36. The molecule has 1 aromatic carbocycles. The number of benzene rings is 1. The number of carbonyl (C=O) groups excluding carboxylic acids is 1. The molecule has 0 bridgehead atoms. The molecule has 1 unspecified atom stereocenters. The third kappa shape index (κ3) is 5.35. The number of methoxy groups -OCH3 is 1. The predicted molar refractivity (Wildman–Crippen MR) is 108 cm³/mol. The van der Waals surface area contributed by atoms with Gasteiger partial charge in [0.1, 0.15) is 5.75 Å². The quantitative estimate of drug-likeness (QED) is 0.496. The lowest BCUT2D eigenvalue weighted by atomic mass is 10.1. The van der Waals surface area contributed by atoms with Gasteiger partial charge in [-0.15, -0.1) is 0 Å². The highest BCUT2D eigenvalue weighted by Gasteiger charge is 2.15. The maximum atomic E-state index is 12.0. The summed E-state index contributed by atoms with van der Waals surface area (Å²) in [6, 6.07) is 6.02. The second-order valence-electron chi connectivity index (χ2n) is 6.40. The summed E-state index contributed by atoms with van der Waals surface area (Å²) in [5.74, 6) is 2.32. The van der Waals surface area contributed by atoms with Gasteiger partial charge in [-0.05, 0) is 49.4 Å². The van der Waals surface area contributed by atoms with Crippen LogP contribution < -0.4 is 10.1 Å². The van der Waals surface area contributed by atoms with Gasteiger partial charge in [0.15, 0.2) is 0 Å². The zero-order chi connectivity index (χ0) is 17.5. The molecule has 1 aromatic heterocycles. The van der Waals surface area contributed by atoms with Crippen LogP contribution in [0, 0.1) is 0 Å². The SMILES string of the molecule is COc1ccc2[nH]cc(CCNC(=O)CCCCC3CCSS3)c2c1. The molecule has 136 valence electrons. The van der Waals surface area contributed by atoms with E-state index < -0.39 is 0 Å². The van der Waals surface area contributed by atoms with Crippen LogP contribution in [-0.4, -0.2) is 35.5 Å². The molecule has 1 amide bonds. The zero-order valence-corrected chi connectivity index (χ0v) is 16.3. The number of ether oxygens (including phenoxy) is 1. The highest BCUT2D eigenvalue weighted by atomic mass is 33.1. The molecule has 3 rings (SSSR count). The lowest BCUT2D eigenvalue weighted by Gasteiger charge is -2.07. The Kier molecular flexibility index (Phi) is 6.99. The smallest absolute Gasteiger partial charge is 0.220 e. The van der Waals surface area contributed by atoms with Crippen molar-refractivity contribution in [3.63, 3.8) is 0 Å². The molecule has 2 heterocycles. The molecular weight excluding hydrogens is 352 g/mol. The number of rotatable bonds is 9. The maximum Gasteiger partial charge on any atom is 0.220 e. The summed E-state index contributed by atoms with van der Waals surface area (Å²) in [5.41, 5.74) is 2.31. The van der Waals surface area contributed by atoms with Gasteiger partial charge in [0.2, 0.25) is 5.91 Å². The van der Waals surface area contributed by atoms with Gasteiger partial charge in [0.05, 0.1) is 7.11 Å². The van der Waals surface area contributed by atoms with E-state index in [4.69, 9.17) is 4.74 Å². The maximum absolute atomic E-state index is 12.0. The van der Waals surface area contributed by atoms with Crippen LogP contribution in [0.2, 0.25) is 0 Å². The molecule has 2 aromatic rings. The first kappa shape index (κ1) is 18.5. The molecule has 25 heavy (non-hydrogen) atoms. The van der Waals surface area contributed by atoms with Crippen LogP contribution in [0.5, 0.6) is 5.75 Å². The normalized spacial score (nSPS) is 17.1. The number of carbonyl (C=O) groups is 1. The van der Waals surface area contributed by atoms with Gasteiger partial charge < -0.3 is 15.0 Å². The minimum absolute atomic E-state index is 0.172. The first-order chi connectivity index (χ1) is 12.3. The van der Waals surface area contributed by atoms with E-state index in [1.165, 1.54) is 29.5 Å². The van der Waals surface area contributed by atoms with Crippen molar-refractivity contribution in [1.82, 2.24) is 10.3 Å². The molecule has 1 aliphatic heterocycles. The van der Waals surface area contributed by atoms with Gasteiger partial charge in [0.25, 0.3) is 0 Å². The van der Waals surface area contributed by atoms with Crippen molar-refractivity contribution in [3.8, 4) is 5.75 Å². The second-order valence-corrected chi connectivity index (χ2v) is 9.19. The Morgan fingerprint density at radius 3 is 3.12 bits per heavy atom. The molecule has 1 atom stereocenters. The third-order valence-electron chi connectivity index (χ3n) is 4.60. The Morgan fingerprint density at radius 1 is 1.40 bits per heavy atom. The van der Waals surface area contributed by atoms with Gasteiger partial charge in [-0.2, -0.15) is 0 Å². The molecule has 1 saturated heterocycles. The zero-order valence-electron chi connectivity index (χ0n) is 14.7. The average molecular weight is 379 g/mol. The van der Waals surface area contributed by atoms with Crippen LogP contribution in [0.15, 0.2) is 24.4 Å². The minimum Gasteiger partial charge on any atom is -0.497 e. The Bertz CT molecular complexity index is 696. The van der Waals surface area contributed by atoms with Crippen LogP contribution in [0.25, 0.3) is 10.9 Å². The number of hydrogen-bond donors (Lipinski definition) is 2. The van der Waals surface area contributed by atoms with Crippen molar-refractivity contribution in [1.29, 1.82) is 0 Å². The van der Waals surface area contributed by atoms with Crippen LogP contribution in [0.3, 0.4) is 0 Å². The summed E-state index contributed by atoms with van der Waals surface area (Å²) in [6.07, 6.45) is 8.24. The molecule has 0 radical (unpaired) electrons. The van der Waals surface area contributed by atoms with Crippen LogP contribution in [0.4, 0.5) is 0 Å². The molecule has 0 spiro atoms. The van der Waals surface area contributed by atoms with E-state index in [1.807, 2.05) is 46.0 Å². The van der Waals surface area contributed by atoms with E-state index in [9.17, 15) is 4.79 Å². The highest BCUT2D eigenvalue weighted by molar-refractivity contribution is 8.77. The van der Waals surface area contributed by atoms with Crippen LogP contribution in [-0.2, 0) is 11.2 Å². The van der Waals surface area contributed by atoms with Gasteiger partial charge in [-0.25, -0.2) is 0 Å². The second kappa shape index (κ2) is 9.43. The molecular formula is C19H26N2O2S2. The van der Waals surface area contributed by atoms with Gasteiger partial charge in [0, 0.05) is 41.1 Å². The Morgan fingerprint density at radius 2 is 2.32 bits per heavy atom. The van der Waals surface area contributed by atoms with Crippen LogP contribution >= 0.6 is 21.6 Å². The van der Waals surface area contributed by atoms with Crippen LogP contribution in [0.1, 0.15) is 37.7 Å². The van der Waals surface area contributed by atoms with Gasteiger partial charge in [-0.3, -0.25) is 4.79 Å². The Labute approximate surface area is 157 Å². The molecule has 0 aliphatic carbocycles. The molecule has 4 nitrogen and oxygen atoms in total. The number of aromatic nitrogens is 1. The summed E-state index contributed by atoms with van der Waals surface area (Å²) >= 11 is 0. The molecule has 0 saturated carbocycles. The monoisotopic (exact) mass is 378 g/mol. The number of nitrogens with one attached hydrogen (secondary N) is 2. The first-order valence-corrected chi connectivity index (χ1v) is 11.3. The summed E-state index contributed by atoms with van der Waals surface area (Å²) in [5, 5.41) is 5.03. The van der Waals surface area contributed by atoms with Crippen molar-refractivity contribution >= 4 is 38.4 Å². The predicted octanol–water partition coefficient (Wildman–Crippen LogP) is 4.55. The summed E-state index contributed by atoms with van der Waals surface area (Å²) < 4.78 is 5.29. The van der Waals surface area contributed by atoms with E-state index in [1.54, 1.807) is 7.11 Å². The number of H-pyrrole nitrogens is 1. The van der Waals surface area contributed by atoms with Crippen molar-refractivity contribution < 1.29 is 9.53 Å². The van der Waals surface area contributed by atoms with E-state index >= 15 is 0 Å². The fourth-order valence-electron chi connectivity index (χ4n) is 3.14. The number of amides is 1. The molecule has 1 fully saturated rings. The van der Waals surface area contributed by atoms with E-state index in [2.05, 4.69) is 10.3 Å². The van der Waals surface area contributed by atoms with Crippen molar-refractivity contribution in [3.05, 3.63) is 30.0 Å². The largest absolute Gasteiger partial charge is 0.497 e. The summed E-state index contributed by atoms with van der Waals surface area (Å²) in [6.45, 7) is 0.679. The van der Waals surface area contributed by atoms with Gasteiger partial charge >= 0.3 is 0 Å². The average Bonchev–Trinajstić information content (AvgIpc) is 3.28. The lowest BCUT2D eigenvalue weighted by Crippen LogP contribution is -2.25. The van der Waals surface area contributed by atoms with E-state index in [0.29, 0.717) is 13.0 Å². The molecule has 6 heteroatoms. The summed E-state index contributed by atoms with van der Waals surface area (Å²) in [7, 11) is 5.69. The van der Waals surface area contributed by atoms with Gasteiger partial charge in [-0.1, -0.05) is 28.0 Å². The third-order valence-corrected chi connectivity index (χ3v) is 7.61. The molecule has 1 aliphatic rings. The standard InChI is InChI=1S/C19H26N2O2S2/c1-23-15-6-7-18-17(12-15)14(13-21-18)8-10-20-19(22)5-3-2-4-16-9-11-24-25-16/h6-7,12-13,16,21H,2-5,8-11H2,1H3,(H,20,22). The lowest BCUT2D eigenvalue weighted by molar-refractivity contribution is -0.121.